The van der Waals surface area contributed by atoms with E-state index >= 15 is 0 Å². The molecule has 2 aliphatic rings. The molecule has 1 aromatic carbocycles. The predicted octanol–water partition coefficient (Wildman–Crippen LogP) is 0.861. The van der Waals surface area contributed by atoms with Crippen LogP contribution in [-0.2, 0) is 4.79 Å². The number of para-hydroxylation sites is 1. The summed E-state index contributed by atoms with van der Waals surface area (Å²) < 4.78 is 0. The van der Waals surface area contributed by atoms with Crippen LogP contribution in [0.2, 0.25) is 0 Å². The maximum absolute atomic E-state index is 12.7. The monoisotopic (exact) mass is 288 g/mol. The van der Waals surface area contributed by atoms with E-state index in [1.807, 2.05) is 18.2 Å². The van der Waals surface area contributed by atoms with Gasteiger partial charge in [-0.15, -0.1) is 0 Å². The predicted molar refractivity (Wildman–Crippen MR) is 81.2 cm³/mol. The van der Waals surface area contributed by atoms with Gasteiger partial charge in [0.2, 0.25) is 5.91 Å². The van der Waals surface area contributed by atoms with Crippen LogP contribution in [-0.4, -0.2) is 42.9 Å². The molecule has 2 heterocycles. The number of rotatable bonds is 2. The first-order chi connectivity index (χ1) is 10.2. The largest absolute Gasteiger partial charge is 0.382 e. The third-order valence-electron chi connectivity index (χ3n) is 4.15. The van der Waals surface area contributed by atoms with E-state index in [4.69, 9.17) is 5.73 Å². The van der Waals surface area contributed by atoms with E-state index < -0.39 is 0 Å². The number of carbonyl (C=O) groups excluding carboxylic acids is 2. The zero-order valence-electron chi connectivity index (χ0n) is 11.9. The van der Waals surface area contributed by atoms with Gasteiger partial charge in [-0.05, 0) is 25.0 Å². The van der Waals surface area contributed by atoms with Crippen LogP contribution in [0.3, 0.4) is 0 Å². The molecule has 112 valence electrons. The SMILES string of the molecule is NC(=O)C1CCCN(C(=O)c2cccc3c2NCCN3)C1. The molecule has 0 aliphatic carbocycles. The topological polar surface area (TPSA) is 87.5 Å². The van der Waals surface area contributed by atoms with Crippen LogP contribution in [0.1, 0.15) is 23.2 Å². The number of nitrogens with one attached hydrogen (secondary N) is 2. The van der Waals surface area contributed by atoms with Crippen molar-refractivity contribution in [1.82, 2.24) is 4.90 Å². The summed E-state index contributed by atoms with van der Waals surface area (Å²) in [6.45, 7) is 2.74. The molecule has 4 N–H and O–H groups in total. The molecular weight excluding hydrogens is 268 g/mol. The van der Waals surface area contributed by atoms with Crippen LogP contribution in [0.5, 0.6) is 0 Å². The summed E-state index contributed by atoms with van der Waals surface area (Å²) in [6.07, 6.45) is 1.59. The molecule has 1 unspecified atom stereocenters. The number of piperidine rings is 1. The minimum absolute atomic E-state index is 0.0333. The highest BCUT2D eigenvalue weighted by Crippen LogP contribution is 2.30. The highest BCUT2D eigenvalue weighted by molar-refractivity contribution is 6.03. The second-order valence-electron chi connectivity index (χ2n) is 5.57. The Balaban J connectivity index is 1.83. The van der Waals surface area contributed by atoms with Gasteiger partial charge in [0.15, 0.2) is 0 Å². The molecule has 2 aliphatic heterocycles. The number of hydrogen-bond acceptors (Lipinski definition) is 4. The molecule has 21 heavy (non-hydrogen) atoms. The maximum Gasteiger partial charge on any atom is 0.256 e. The molecule has 1 fully saturated rings. The van der Waals surface area contributed by atoms with E-state index in [9.17, 15) is 9.59 Å². The minimum atomic E-state index is -0.317. The smallest absolute Gasteiger partial charge is 0.256 e. The van der Waals surface area contributed by atoms with Crippen molar-refractivity contribution in [3.05, 3.63) is 23.8 Å². The van der Waals surface area contributed by atoms with Gasteiger partial charge in [-0.25, -0.2) is 0 Å². The standard InChI is InChI=1S/C15H20N4O2/c16-14(20)10-3-2-8-19(9-10)15(21)11-4-1-5-12-13(11)18-7-6-17-12/h1,4-5,10,17-18H,2-3,6-9H2,(H2,16,20). The zero-order chi connectivity index (χ0) is 14.8. The summed E-state index contributed by atoms with van der Waals surface area (Å²) in [5.41, 5.74) is 7.85. The van der Waals surface area contributed by atoms with Gasteiger partial charge in [-0.1, -0.05) is 6.07 Å². The van der Waals surface area contributed by atoms with Gasteiger partial charge in [0.05, 0.1) is 22.9 Å². The maximum atomic E-state index is 12.7. The fraction of sp³-hybridized carbons (Fsp3) is 0.467. The molecule has 6 heteroatoms. The van der Waals surface area contributed by atoms with Crippen molar-refractivity contribution in [2.45, 2.75) is 12.8 Å². The quantitative estimate of drug-likeness (QED) is 0.753. The fourth-order valence-corrected chi connectivity index (χ4v) is 3.02. The fourth-order valence-electron chi connectivity index (χ4n) is 3.02. The molecule has 1 atom stereocenters. The van der Waals surface area contributed by atoms with E-state index in [-0.39, 0.29) is 17.7 Å². The lowest BCUT2D eigenvalue weighted by Gasteiger charge is -2.32. The van der Waals surface area contributed by atoms with Crippen molar-refractivity contribution >= 4 is 23.2 Å². The van der Waals surface area contributed by atoms with Crippen LogP contribution < -0.4 is 16.4 Å². The number of nitrogens with two attached hydrogens (primary N) is 1. The number of nitrogens with zero attached hydrogens (tertiary/aromatic N) is 1. The summed E-state index contributed by atoms with van der Waals surface area (Å²) in [7, 11) is 0. The molecule has 0 bridgehead atoms. The number of hydrogen-bond donors (Lipinski definition) is 3. The van der Waals surface area contributed by atoms with Crippen molar-refractivity contribution in [2.24, 2.45) is 11.7 Å². The molecule has 0 radical (unpaired) electrons. The Labute approximate surface area is 123 Å². The molecule has 0 aromatic heterocycles. The Bertz CT molecular complexity index is 573. The van der Waals surface area contributed by atoms with Crippen molar-refractivity contribution in [1.29, 1.82) is 0 Å². The Morgan fingerprint density at radius 3 is 2.86 bits per heavy atom. The Morgan fingerprint density at radius 1 is 1.24 bits per heavy atom. The minimum Gasteiger partial charge on any atom is -0.382 e. The van der Waals surface area contributed by atoms with E-state index in [1.54, 1.807) is 4.90 Å². The number of fused-ring (bicyclic) bond motifs is 1. The van der Waals surface area contributed by atoms with Gasteiger partial charge in [0, 0.05) is 26.2 Å². The second-order valence-corrected chi connectivity index (χ2v) is 5.57. The van der Waals surface area contributed by atoms with Gasteiger partial charge in [0.25, 0.3) is 5.91 Å². The molecule has 1 aromatic rings. The van der Waals surface area contributed by atoms with Gasteiger partial charge >= 0.3 is 0 Å². The zero-order valence-corrected chi connectivity index (χ0v) is 11.9. The summed E-state index contributed by atoms with van der Waals surface area (Å²) in [6, 6.07) is 5.66. The normalized spacial score (nSPS) is 21.0. The van der Waals surface area contributed by atoms with Crippen molar-refractivity contribution in [3.8, 4) is 0 Å². The van der Waals surface area contributed by atoms with E-state index in [0.717, 1.165) is 37.3 Å². The van der Waals surface area contributed by atoms with Crippen LogP contribution in [0.15, 0.2) is 18.2 Å². The number of carbonyl (C=O) groups is 2. The van der Waals surface area contributed by atoms with Gasteiger partial charge in [0.1, 0.15) is 0 Å². The van der Waals surface area contributed by atoms with Crippen molar-refractivity contribution in [2.75, 3.05) is 36.8 Å². The summed E-state index contributed by atoms with van der Waals surface area (Å²) in [5.74, 6) is -0.579. The van der Waals surface area contributed by atoms with E-state index in [1.165, 1.54) is 0 Å². The van der Waals surface area contributed by atoms with Crippen LogP contribution in [0.25, 0.3) is 0 Å². The van der Waals surface area contributed by atoms with Crippen molar-refractivity contribution < 1.29 is 9.59 Å². The second kappa shape index (κ2) is 5.63. The highest BCUT2D eigenvalue weighted by Gasteiger charge is 2.29. The van der Waals surface area contributed by atoms with Crippen LogP contribution in [0, 0.1) is 5.92 Å². The Kier molecular flexibility index (Phi) is 3.68. The third kappa shape index (κ3) is 2.66. The van der Waals surface area contributed by atoms with E-state index in [2.05, 4.69) is 10.6 Å². The Hall–Kier alpha value is -2.24. The Morgan fingerprint density at radius 2 is 2.05 bits per heavy atom. The molecule has 0 saturated carbocycles. The van der Waals surface area contributed by atoms with Gasteiger partial charge in [-0.2, -0.15) is 0 Å². The molecule has 6 nitrogen and oxygen atoms in total. The average Bonchev–Trinajstić information content (AvgIpc) is 2.53. The first-order valence-corrected chi connectivity index (χ1v) is 7.36. The first-order valence-electron chi connectivity index (χ1n) is 7.36. The summed E-state index contributed by atoms with van der Waals surface area (Å²) >= 11 is 0. The number of likely N-dealkylation sites (tertiary alicyclic amines) is 1. The van der Waals surface area contributed by atoms with Crippen molar-refractivity contribution in [3.63, 3.8) is 0 Å². The molecule has 0 spiro atoms. The lowest BCUT2D eigenvalue weighted by Crippen LogP contribution is -2.44. The van der Waals surface area contributed by atoms with Gasteiger partial charge < -0.3 is 21.3 Å². The molecular formula is C15H20N4O2. The van der Waals surface area contributed by atoms with E-state index in [0.29, 0.717) is 18.7 Å². The lowest BCUT2D eigenvalue weighted by molar-refractivity contribution is -0.123. The number of benzene rings is 1. The first kappa shape index (κ1) is 13.7. The number of primary amides is 1. The highest BCUT2D eigenvalue weighted by atomic mass is 16.2. The summed E-state index contributed by atoms with van der Waals surface area (Å²) in [4.78, 5) is 25.8. The molecule has 2 amide bonds. The lowest BCUT2D eigenvalue weighted by atomic mass is 9.96. The van der Waals surface area contributed by atoms with Gasteiger partial charge in [-0.3, -0.25) is 9.59 Å². The average molecular weight is 288 g/mol. The molecule has 3 rings (SSSR count). The summed E-state index contributed by atoms with van der Waals surface area (Å²) in [5, 5.41) is 6.56. The number of amides is 2. The van der Waals surface area contributed by atoms with Crippen LogP contribution >= 0.6 is 0 Å². The van der Waals surface area contributed by atoms with Crippen LogP contribution in [0.4, 0.5) is 11.4 Å². The molecule has 1 saturated heterocycles. The third-order valence-corrected chi connectivity index (χ3v) is 4.15. The number of anilines is 2.